The summed E-state index contributed by atoms with van der Waals surface area (Å²) >= 11 is 0. The van der Waals surface area contributed by atoms with Gasteiger partial charge in [-0.25, -0.2) is 8.42 Å². The number of aryl methyl sites for hydroxylation is 1. The Morgan fingerprint density at radius 1 is 0.906 bits per heavy atom. The molecule has 0 unspecified atom stereocenters. The summed E-state index contributed by atoms with van der Waals surface area (Å²) in [4.78, 5) is 12.7. The molecular formula is C24H26N2O5S. The van der Waals surface area contributed by atoms with Gasteiger partial charge in [-0.15, -0.1) is 0 Å². The van der Waals surface area contributed by atoms with E-state index in [4.69, 9.17) is 9.47 Å². The molecule has 0 aliphatic heterocycles. The Kier molecular flexibility index (Phi) is 7.50. The van der Waals surface area contributed by atoms with Crippen molar-refractivity contribution in [3.05, 3.63) is 83.9 Å². The van der Waals surface area contributed by atoms with E-state index in [9.17, 15) is 13.2 Å². The molecule has 8 heteroatoms. The van der Waals surface area contributed by atoms with E-state index in [-0.39, 0.29) is 23.7 Å². The van der Waals surface area contributed by atoms with Gasteiger partial charge in [-0.05, 0) is 36.8 Å². The van der Waals surface area contributed by atoms with Gasteiger partial charge in [-0.3, -0.25) is 4.79 Å². The van der Waals surface area contributed by atoms with Gasteiger partial charge in [-0.2, -0.15) is 4.31 Å². The number of amides is 1. The van der Waals surface area contributed by atoms with Gasteiger partial charge in [0, 0.05) is 18.3 Å². The van der Waals surface area contributed by atoms with Crippen molar-refractivity contribution in [2.45, 2.75) is 18.4 Å². The van der Waals surface area contributed by atoms with E-state index in [2.05, 4.69) is 5.32 Å². The minimum absolute atomic E-state index is 0.00853. The number of rotatable bonds is 9. The smallest absolute Gasteiger partial charge is 0.243 e. The Balaban J connectivity index is 1.90. The van der Waals surface area contributed by atoms with E-state index in [0.29, 0.717) is 11.4 Å². The number of benzene rings is 3. The maximum atomic E-state index is 13.5. The maximum absolute atomic E-state index is 13.5. The lowest BCUT2D eigenvalue weighted by Crippen LogP contribution is -2.37. The molecule has 0 heterocycles. The van der Waals surface area contributed by atoms with Gasteiger partial charge < -0.3 is 14.8 Å². The molecule has 3 aromatic rings. The van der Waals surface area contributed by atoms with Crippen molar-refractivity contribution in [2.75, 3.05) is 26.1 Å². The summed E-state index contributed by atoms with van der Waals surface area (Å²) < 4.78 is 38.6. The minimum atomic E-state index is -4.01. The van der Waals surface area contributed by atoms with Crippen LogP contribution < -0.4 is 14.8 Å². The van der Waals surface area contributed by atoms with Crippen LogP contribution in [0.25, 0.3) is 0 Å². The lowest BCUT2D eigenvalue weighted by Gasteiger charge is -2.22. The fourth-order valence-corrected chi connectivity index (χ4v) is 4.54. The lowest BCUT2D eigenvalue weighted by atomic mass is 10.2. The van der Waals surface area contributed by atoms with E-state index in [1.54, 1.807) is 12.1 Å². The highest BCUT2D eigenvalue weighted by Crippen LogP contribution is 2.31. The maximum Gasteiger partial charge on any atom is 0.243 e. The molecule has 0 aliphatic carbocycles. The average Bonchev–Trinajstić information content (AvgIpc) is 2.80. The number of hydrogen-bond acceptors (Lipinski definition) is 5. The first-order chi connectivity index (χ1) is 15.3. The zero-order valence-electron chi connectivity index (χ0n) is 18.2. The molecule has 0 atom stereocenters. The van der Waals surface area contributed by atoms with Gasteiger partial charge in [-0.1, -0.05) is 48.0 Å². The van der Waals surface area contributed by atoms with Crippen molar-refractivity contribution in [1.29, 1.82) is 0 Å². The predicted molar refractivity (Wildman–Crippen MR) is 123 cm³/mol. The predicted octanol–water partition coefficient (Wildman–Crippen LogP) is 3.84. The number of hydrogen-bond donors (Lipinski definition) is 1. The topological polar surface area (TPSA) is 84.9 Å². The van der Waals surface area contributed by atoms with Crippen LogP contribution in [0.1, 0.15) is 11.1 Å². The third kappa shape index (κ3) is 5.66. The summed E-state index contributed by atoms with van der Waals surface area (Å²) in [5.41, 5.74) is 2.42. The van der Waals surface area contributed by atoms with Crippen molar-refractivity contribution < 1.29 is 22.7 Å². The van der Waals surface area contributed by atoms with Gasteiger partial charge >= 0.3 is 0 Å². The average molecular weight is 455 g/mol. The molecule has 0 saturated carbocycles. The molecule has 168 valence electrons. The second-order valence-corrected chi connectivity index (χ2v) is 9.13. The summed E-state index contributed by atoms with van der Waals surface area (Å²) in [7, 11) is -1.10. The highest BCUT2D eigenvalue weighted by Gasteiger charge is 2.28. The van der Waals surface area contributed by atoms with Crippen LogP contribution in [0.2, 0.25) is 0 Å². The second-order valence-electron chi connectivity index (χ2n) is 7.19. The zero-order valence-corrected chi connectivity index (χ0v) is 19.1. The third-order valence-electron chi connectivity index (χ3n) is 4.85. The highest BCUT2D eigenvalue weighted by molar-refractivity contribution is 7.89. The Hall–Kier alpha value is -3.36. The van der Waals surface area contributed by atoms with Gasteiger partial charge in [0.25, 0.3) is 0 Å². The fraction of sp³-hybridized carbons (Fsp3) is 0.208. The highest BCUT2D eigenvalue weighted by atomic mass is 32.2. The second kappa shape index (κ2) is 10.3. The summed E-state index contributed by atoms with van der Waals surface area (Å²) in [6.07, 6.45) is 0. The number of ether oxygens (including phenoxy) is 2. The molecule has 32 heavy (non-hydrogen) atoms. The largest absolute Gasteiger partial charge is 0.493 e. The summed E-state index contributed by atoms with van der Waals surface area (Å²) in [6, 6.07) is 20.8. The molecule has 0 radical (unpaired) electrons. The molecule has 1 amide bonds. The first-order valence-corrected chi connectivity index (χ1v) is 11.4. The van der Waals surface area contributed by atoms with Crippen LogP contribution in [0.5, 0.6) is 11.5 Å². The zero-order chi connectivity index (χ0) is 23.1. The fourth-order valence-electron chi connectivity index (χ4n) is 3.14. The van der Waals surface area contributed by atoms with Gasteiger partial charge in [0.15, 0.2) is 11.5 Å². The Morgan fingerprint density at radius 2 is 1.56 bits per heavy atom. The Bertz CT molecular complexity index is 1160. The molecule has 3 rings (SSSR count). The third-order valence-corrected chi connectivity index (χ3v) is 6.64. The summed E-state index contributed by atoms with van der Waals surface area (Å²) in [5, 5.41) is 2.76. The Labute approximate surface area is 188 Å². The van der Waals surface area contributed by atoms with Gasteiger partial charge in [0.2, 0.25) is 15.9 Å². The van der Waals surface area contributed by atoms with E-state index in [0.717, 1.165) is 15.4 Å². The van der Waals surface area contributed by atoms with Crippen LogP contribution in [0.15, 0.2) is 77.7 Å². The quantitative estimate of drug-likeness (QED) is 0.531. The van der Waals surface area contributed by atoms with Crippen molar-refractivity contribution in [3.8, 4) is 11.5 Å². The van der Waals surface area contributed by atoms with Crippen LogP contribution in [0.4, 0.5) is 5.69 Å². The standard InChI is InChI=1S/C24H26N2O5S/c1-18-9-11-20(12-10-18)25-24(27)17-26(16-19-7-5-4-6-8-19)32(28,29)21-13-14-22(30-2)23(15-21)31-3/h4-15H,16-17H2,1-3H3,(H,25,27). The summed E-state index contributed by atoms with van der Waals surface area (Å²) in [5.74, 6) is 0.268. The van der Waals surface area contributed by atoms with Crippen molar-refractivity contribution in [1.82, 2.24) is 4.31 Å². The number of methoxy groups -OCH3 is 2. The molecule has 0 aromatic heterocycles. The lowest BCUT2D eigenvalue weighted by molar-refractivity contribution is -0.116. The van der Waals surface area contributed by atoms with Crippen molar-refractivity contribution >= 4 is 21.6 Å². The van der Waals surface area contributed by atoms with Crippen molar-refractivity contribution in [2.24, 2.45) is 0 Å². The number of anilines is 1. The van der Waals surface area contributed by atoms with E-state index < -0.39 is 15.9 Å². The van der Waals surface area contributed by atoms with Crippen LogP contribution in [-0.4, -0.2) is 39.4 Å². The molecule has 1 N–H and O–H groups in total. The number of carbonyl (C=O) groups excluding carboxylic acids is 1. The number of nitrogens with zero attached hydrogens (tertiary/aromatic N) is 1. The monoisotopic (exact) mass is 454 g/mol. The first-order valence-electron chi connectivity index (χ1n) is 9.96. The Morgan fingerprint density at radius 3 is 2.19 bits per heavy atom. The van der Waals surface area contributed by atoms with Gasteiger partial charge in [0.05, 0.1) is 25.7 Å². The molecule has 0 saturated heterocycles. The first kappa shape index (κ1) is 23.3. The van der Waals surface area contributed by atoms with E-state index in [1.807, 2.05) is 49.4 Å². The molecule has 0 fully saturated rings. The molecule has 0 spiro atoms. The molecule has 7 nitrogen and oxygen atoms in total. The molecule has 3 aromatic carbocycles. The van der Waals surface area contributed by atoms with E-state index in [1.165, 1.54) is 32.4 Å². The van der Waals surface area contributed by atoms with Crippen LogP contribution >= 0.6 is 0 Å². The molecular weight excluding hydrogens is 428 g/mol. The van der Waals surface area contributed by atoms with Crippen LogP contribution in [0, 0.1) is 6.92 Å². The molecule has 0 bridgehead atoms. The number of sulfonamides is 1. The number of nitrogens with one attached hydrogen (secondary N) is 1. The molecule has 0 aliphatic rings. The minimum Gasteiger partial charge on any atom is -0.493 e. The summed E-state index contributed by atoms with van der Waals surface area (Å²) in [6.45, 7) is 1.64. The SMILES string of the molecule is COc1ccc(S(=O)(=O)N(CC(=O)Nc2ccc(C)cc2)Cc2ccccc2)cc1OC. The van der Waals surface area contributed by atoms with Crippen molar-refractivity contribution in [3.63, 3.8) is 0 Å². The van der Waals surface area contributed by atoms with Crippen LogP contribution in [0.3, 0.4) is 0 Å². The number of carbonyl (C=O) groups is 1. The van der Waals surface area contributed by atoms with Crippen LogP contribution in [-0.2, 0) is 21.4 Å². The van der Waals surface area contributed by atoms with E-state index >= 15 is 0 Å². The normalized spacial score (nSPS) is 11.2. The van der Waals surface area contributed by atoms with Gasteiger partial charge in [0.1, 0.15) is 0 Å².